The van der Waals surface area contributed by atoms with Crippen molar-refractivity contribution < 1.29 is 8.78 Å². The van der Waals surface area contributed by atoms with Gasteiger partial charge in [0.15, 0.2) is 5.83 Å². The summed E-state index contributed by atoms with van der Waals surface area (Å²) in [4.78, 5) is 0. The van der Waals surface area contributed by atoms with Crippen molar-refractivity contribution in [1.82, 2.24) is 0 Å². The van der Waals surface area contributed by atoms with Gasteiger partial charge in [-0.2, -0.15) is 0 Å². The van der Waals surface area contributed by atoms with Gasteiger partial charge in [0.1, 0.15) is 6.33 Å². The number of benzene rings is 1. The van der Waals surface area contributed by atoms with E-state index in [0.717, 1.165) is 24.2 Å². The molecule has 0 amide bonds. The van der Waals surface area contributed by atoms with Crippen LogP contribution in [-0.4, -0.2) is 8.80 Å². The summed E-state index contributed by atoms with van der Waals surface area (Å²) in [6.07, 6.45) is 18.4. The lowest BCUT2D eigenvalue weighted by Gasteiger charge is -2.37. The highest BCUT2D eigenvalue weighted by atomic mass is 28.3. The van der Waals surface area contributed by atoms with Crippen LogP contribution in [0.15, 0.2) is 30.6 Å². The minimum atomic E-state index is -0.788. The van der Waals surface area contributed by atoms with Crippen LogP contribution in [0.4, 0.5) is 8.78 Å². The molecule has 2 aliphatic rings. The second-order valence-corrected chi connectivity index (χ2v) is 13.9. The number of halogens is 2. The summed E-state index contributed by atoms with van der Waals surface area (Å²) in [5, 5.41) is 0. The van der Waals surface area contributed by atoms with Crippen molar-refractivity contribution in [2.75, 3.05) is 0 Å². The summed E-state index contributed by atoms with van der Waals surface area (Å²) in [6.45, 7) is 2.33. The molecule has 0 aromatic heterocycles. The highest BCUT2D eigenvalue weighted by Crippen LogP contribution is 2.42. The van der Waals surface area contributed by atoms with Gasteiger partial charge < -0.3 is 0 Å². The minimum Gasteiger partial charge on any atom is -0.212 e. The highest BCUT2D eigenvalue weighted by molar-refractivity contribution is 6.58. The van der Waals surface area contributed by atoms with Crippen molar-refractivity contribution in [3.63, 3.8) is 0 Å². The Labute approximate surface area is 191 Å². The zero-order chi connectivity index (χ0) is 21.9. The molecule has 1 aliphatic heterocycles. The number of aryl methyl sites for hydroxylation is 1. The zero-order valence-electron chi connectivity index (χ0n) is 19.8. The van der Waals surface area contributed by atoms with E-state index >= 15 is 0 Å². The summed E-state index contributed by atoms with van der Waals surface area (Å²) in [5.41, 5.74) is 1.56. The Morgan fingerprint density at radius 3 is 2.23 bits per heavy atom. The molecule has 1 saturated carbocycles. The average molecular weight is 447 g/mol. The summed E-state index contributed by atoms with van der Waals surface area (Å²) < 4.78 is 25.5. The third-order valence-corrected chi connectivity index (χ3v) is 11.8. The molecule has 1 aliphatic carbocycles. The first-order chi connectivity index (χ1) is 15.2. The first kappa shape index (κ1) is 24.7. The monoisotopic (exact) mass is 446 g/mol. The zero-order valence-corrected chi connectivity index (χ0v) is 20.9. The van der Waals surface area contributed by atoms with E-state index in [1.54, 1.807) is 43.1 Å². The van der Waals surface area contributed by atoms with E-state index in [4.69, 9.17) is 0 Å². The second-order valence-electron chi connectivity index (χ2n) is 10.5. The van der Waals surface area contributed by atoms with Crippen LogP contribution < -0.4 is 0 Å². The van der Waals surface area contributed by atoms with E-state index < -0.39 is 5.83 Å². The van der Waals surface area contributed by atoms with E-state index in [1.165, 1.54) is 69.8 Å². The summed E-state index contributed by atoms with van der Waals surface area (Å²) in [7, 11) is -0.356. The van der Waals surface area contributed by atoms with Gasteiger partial charge in [-0.1, -0.05) is 107 Å². The van der Waals surface area contributed by atoms with Gasteiger partial charge in [-0.15, -0.1) is 0 Å². The third kappa shape index (κ3) is 8.15. The van der Waals surface area contributed by atoms with Gasteiger partial charge in [-0.05, 0) is 49.0 Å². The molecule has 0 radical (unpaired) electrons. The van der Waals surface area contributed by atoms with Gasteiger partial charge >= 0.3 is 0 Å². The molecule has 0 atom stereocenters. The lowest BCUT2D eigenvalue weighted by molar-refractivity contribution is 0.184. The van der Waals surface area contributed by atoms with Gasteiger partial charge in [-0.25, -0.2) is 8.78 Å². The van der Waals surface area contributed by atoms with E-state index in [1.807, 2.05) is 12.1 Å². The first-order valence-corrected chi connectivity index (χ1v) is 15.7. The van der Waals surface area contributed by atoms with Gasteiger partial charge in [0, 0.05) is 14.4 Å². The number of hydrogen-bond donors (Lipinski definition) is 0. The Hall–Kier alpha value is -0.963. The van der Waals surface area contributed by atoms with Crippen molar-refractivity contribution in [2.24, 2.45) is 17.8 Å². The molecule has 2 fully saturated rings. The normalized spacial score (nSPS) is 27.4. The van der Waals surface area contributed by atoms with Gasteiger partial charge in [0.05, 0.1) is 0 Å². The van der Waals surface area contributed by atoms with Crippen molar-refractivity contribution in [1.29, 1.82) is 0 Å². The van der Waals surface area contributed by atoms with Crippen LogP contribution in [-0.2, 0) is 6.42 Å². The average Bonchev–Trinajstić information content (AvgIpc) is 2.83. The fourth-order valence-corrected chi connectivity index (χ4v) is 9.77. The molecule has 31 heavy (non-hydrogen) atoms. The van der Waals surface area contributed by atoms with Crippen molar-refractivity contribution in [3.05, 3.63) is 41.7 Å². The topological polar surface area (TPSA) is 0 Å². The van der Waals surface area contributed by atoms with E-state index in [2.05, 4.69) is 6.92 Å². The smallest absolute Gasteiger partial charge is 0.158 e. The van der Waals surface area contributed by atoms with E-state index in [9.17, 15) is 8.78 Å². The predicted molar refractivity (Wildman–Crippen MR) is 133 cm³/mol. The van der Waals surface area contributed by atoms with E-state index in [0.29, 0.717) is 5.56 Å². The molecular formula is C28H44F2Si. The standard InChI is InChI=1S/C28H44F2Si/c1-2-3-6-19-31-20-17-26(18-21-31)25-13-9-23(10-14-25)7-4-5-8-24-11-15-27(16-12-24)28(30)22-29/h11-12,15-16,22-23,25-26,31H,2-10,13-14,17-21H2,1H3/b28-22-/t23-,25-,26?,31?. The molecule has 174 valence electrons. The fourth-order valence-electron chi connectivity index (χ4n) is 6.24. The largest absolute Gasteiger partial charge is 0.212 e. The molecule has 3 heteroatoms. The van der Waals surface area contributed by atoms with Crippen LogP contribution in [0.25, 0.3) is 5.83 Å². The Morgan fingerprint density at radius 2 is 1.58 bits per heavy atom. The lowest BCUT2D eigenvalue weighted by Crippen LogP contribution is -2.28. The Morgan fingerprint density at radius 1 is 0.903 bits per heavy atom. The predicted octanol–water partition coefficient (Wildman–Crippen LogP) is 9.27. The Kier molecular flexibility index (Phi) is 10.8. The van der Waals surface area contributed by atoms with Crippen molar-refractivity contribution in [2.45, 2.75) is 109 Å². The molecule has 0 nitrogen and oxygen atoms in total. The molecular weight excluding hydrogens is 402 g/mol. The van der Waals surface area contributed by atoms with Crippen LogP contribution in [0.2, 0.25) is 18.1 Å². The number of hydrogen-bond acceptors (Lipinski definition) is 0. The van der Waals surface area contributed by atoms with Crippen LogP contribution >= 0.6 is 0 Å². The Bertz CT molecular complexity index is 637. The molecule has 1 saturated heterocycles. The second kappa shape index (κ2) is 13.6. The molecule has 1 heterocycles. The maximum atomic E-state index is 13.2. The van der Waals surface area contributed by atoms with Crippen LogP contribution in [0.1, 0.15) is 95.1 Å². The highest BCUT2D eigenvalue weighted by Gasteiger charge is 2.30. The molecule has 3 rings (SSSR count). The summed E-state index contributed by atoms with van der Waals surface area (Å²) >= 11 is 0. The Balaban J connectivity index is 1.26. The maximum Gasteiger partial charge on any atom is 0.158 e. The summed E-state index contributed by atoms with van der Waals surface area (Å²) in [5.74, 6) is 2.27. The first-order valence-electron chi connectivity index (χ1n) is 13.2. The maximum absolute atomic E-state index is 13.2. The number of rotatable bonds is 11. The fraction of sp³-hybridized carbons (Fsp3) is 0.714. The van der Waals surface area contributed by atoms with Crippen molar-refractivity contribution >= 4 is 14.6 Å². The molecule has 0 bridgehead atoms. The van der Waals surface area contributed by atoms with Crippen molar-refractivity contribution in [3.8, 4) is 0 Å². The van der Waals surface area contributed by atoms with Crippen LogP contribution in [0.3, 0.4) is 0 Å². The quantitative estimate of drug-likeness (QED) is 0.235. The van der Waals surface area contributed by atoms with Gasteiger partial charge in [0.25, 0.3) is 0 Å². The van der Waals surface area contributed by atoms with Gasteiger partial charge in [0.2, 0.25) is 0 Å². The van der Waals surface area contributed by atoms with E-state index in [-0.39, 0.29) is 15.1 Å². The minimum absolute atomic E-state index is 0.0328. The molecule has 0 spiro atoms. The molecule has 1 aromatic rings. The SMILES string of the molecule is CCCCC[SiH]1CCC([C@H]2CC[C@H](CCCCc3ccc(/C(F)=C/F)cc3)CC2)CC1. The molecule has 1 aromatic carbocycles. The molecule has 0 N–H and O–H groups in total. The number of unbranched alkanes of at least 4 members (excludes halogenated alkanes) is 3. The lowest BCUT2D eigenvalue weighted by atomic mass is 9.73. The van der Waals surface area contributed by atoms with Crippen LogP contribution in [0, 0.1) is 17.8 Å². The van der Waals surface area contributed by atoms with Crippen LogP contribution in [0.5, 0.6) is 0 Å². The third-order valence-electron chi connectivity index (χ3n) is 8.32. The summed E-state index contributed by atoms with van der Waals surface area (Å²) in [6, 6.07) is 12.2. The van der Waals surface area contributed by atoms with Gasteiger partial charge in [-0.3, -0.25) is 0 Å². The molecule has 0 unspecified atom stereocenters.